The van der Waals surface area contributed by atoms with Crippen molar-refractivity contribution in [2.75, 3.05) is 42.7 Å². The summed E-state index contributed by atoms with van der Waals surface area (Å²) in [6, 6.07) is 7.30. The number of rotatable bonds is 5. The van der Waals surface area contributed by atoms with Gasteiger partial charge < -0.3 is 20.4 Å². The van der Waals surface area contributed by atoms with Gasteiger partial charge in [-0.3, -0.25) is 19.2 Å². The maximum absolute atomic E-state index is 12.9. The van der Waals surface area contributed by atoms with Crippen molar-refractivity contribution in [3.63, 3.8) is 0 Å². The van der Waals surface area contributed by atoms with Gasteiger partial charge in [-0.1, -0.05) is 0 Å². The molecule has 3 aliphatic rings. The molecule has 1 saturated heterocycles. The smallest absolute Gasteiger partial charge is 0.313 e. The summed E-state index contributed by atoms with van der Waals surface area (Å²) in [6.07, 6.45) is 6.97. The van der Waals surface area contributed by atoms with E-state index in [1.54, 1.807) is 18.3 Å². The van der Waals surface area contributed by atoms with Crippen molar-refractivity contribution in [3.05, 3.63) is 47.2 Å². The summed E-state index contributed by atoms with van der Waals surface area (Å²) in [5.41, 5.74) is 4.26. The number of benzene rings is 1. The molecule has 1 fully saturated rings. The Morgan fingerprint density at radius 2 is 1.81 bits per heavy atom. The second-order valence-electron chi connectivity index (χ2n) is 9.40. The number of carbonyl (C=O) groups excluding carboxylic acids is 4. The lowest BCUT2D eigenvalue weighted by atomic mass is 9.96. The lowest BCUT2D eigenvalue weighted by Gasteiger charge is -2.32. The second-order valence-corrected chi connectivity index (χ2v) is 10.2. The molecule has 1 aromatic carbocycles. The number of piperidine rings is 1. The predicted octanol–water partition coefficient (Wildman–Crippen LogP) is 2.25. The molecular weight excluding hydrogens is 478 g/mol. The van der Waals surface area contributed by atoms with Gasteiger partial charge in [-0.15, -0.1) is 11.8 Å². The highest BCUT2D eigenvalue weighted by atomic mass is 32.2. The first kappa shape index (κ1) is 24.3. The van der Waals surface area contributed by atoms with Crippen LogP contribution in [0.3, 0.4) is 0 Å². The number of thioether (sulfide) groups is 1. The van der Waals surface area contributed by atoms with Crippen LogP contribution in [-0.4, -0.2) is 65.9 Å². The fraction of sp³-hybridized carbons (Fsp3) is 0.423. The Labute approximate surface area is 214 Å². The number of likely N-dealkylation sites (tertiary alicyclic amines) is 1. The molecule has 0 aliphatic carbocycles. The zero-order valence-electron chi connectivity index (χ0n) is 20.2. The van der Waals surface area contributed by atoms with E-state index < -0.39 is 11.8 Å². The molecule has 10 heteroatoms. The van der Waals surface area contributed by atoms with Crippen LogP contribution in [0.1, 0.15) is 40.7 Å². The Kier molecular flexibility index (Phi) is 6.95. The van der Waals surface area contributed by atoms with E-state index in [4.69, 9.17) is 0 Å². The number of amides is 4. The molecule has 0 saturated carbocycles. The van der Waals surface area contributed by atoms with E-state index in [1.165, 1.54) is 11.8 Å². The van der Waals surface area contributed by atoms with Crippen LogP contribution < -0.4 is 15.5 Å². The lowest BCUT2D eigenvalue weighted by Crippen LogP contribution is -2.43. The summed E-state index contributed by atoms with van der Waals surface area (Å²) < 4.78 is 0. The van der Waals surface area contributed by atoms with Gasteiger partial charge in [0.15, 0.2) is 0 Å². The Hall–Kier alpha value is -3.40. The number of carbonyl (C=O) groups is 4. The quantitative estimate of drug-likeness (QED) is 0.474. The molecule has 5 rings (SSSR count). The molecule has 4 amide bonds. The highest BCUT2D eigenvalue weighted by Gasteiger charge is 2.32. The summed E-state index contributed by atoms with van der Waals surface area (Å²) in [7, 11) is 0. The maximum atomic E-state index is 12.9. The fourth-order valence-electron chi connectivity index (χ4n) is 5.26. The molecule has 1 aromatic heterocycles. The number of pyridine rings is 1. The normalized spacial score (nSPS) is 17.1. The van der Waals surface area contributed by atoms with E-state index in [-0.39, 0.29) is 17.7 Å². The Morgan fingerprint density at radius 3 is 2.56 bits per heavy atom. The van der Waals surface area contributed by atoms with Crippen LogP contribution in [0.15, 0.2) is 35.5 Å². The number of nitrogens with one attached hydrogen (secondary N) is 2. The van der Waals surface area contributed by atoms with Crippen LogP contribution in [0.4, 0.5) is 11.4 Å². The van der Waals surface area contributed by atoms with Crippen molar-refractivity contribution in [1.82, 2.24) is 15.2 Å². The van der Waals surface area contributed by atoms with Crippen molar-refractivity contribution < 1.29 is 19.2 Å². The monoisotopic (exact) mass is 507 g/mol. The minimum atomic E-state index is -0.697. The first-order chi connectivity index (χ1) is 17.4. The van der Waals surface area contributed by atoms with E-state index >= 15 is 0 Å². The molecular formula is C26H29N5O4S. The predicted molar refractivity (Wildman–Crippen MR) is 137 cm³/mol. The first-order valence-electron chi connectivity index (χ1n) is 12.3. The van der Waals surface area contributed by atoms with Crippen molar-refractivity contribution >= 4 is 46.8 Å². The van der Waals surface area contributed by atoms with Gasteiger partial charge >= 0.3 is 11.8 Å². The zero-order chi connectivity index (χ0) is 25.2. The molecule has 9 nitrogen and oxygen atoms in total. The Balaban J connectivity index is 1.11. The molecule has 0 spiro atoms. The topological polar surface area (TPSA) is 112 Å². The maximum Gasteiger partial charge on any atom is 0.313 e. The number of hydrogen-bond donors (Lipinski definition) is 2. The summed E-state index contributed by atoms with van der Waals surface area (Å²) in [5.74, 6) is -1.03. The molecule has 3 aliphatic heterocycles. The average Bonchev–Trinajstić information content (AvgIpc) is 3.34. The van der Waals surface area contributed by atoms with Crippen LogP contribution in [0, 0.1) is 5.92 Å². The minimum absolute atomic E-state index is 0.0184. The van der Waals surface area contributed by atoms with Gasteiger partial charge in [-0.25, -0.2) is 4.98 Å². The van der Waals surface area contributed by atoms with Gasteiger partial charge in [-0.05, 0) is 73.2 Å². The molecule has 0 unspecified atom stereocenters. The van der Waals surface area contributed by atoms with E-state index in [2.05, 4.69) is 15.6 Å². The van der Waals surface area contributed by atoms with Crippen LogP contribution >= 0.6 is 11.8 Å². The van der Waals surface area contributed by atoms with Gasteiger partial charge in [0.1, 0.15) is 5.03 Å². The van der Waals surface area contributed by atoms with Gasteiger partial charge in [0.2, 0.25) is 5.91 Å². The third kappa shape index (κ3) is 4.82. The van der Waals surface area contributed by atoms with Gasteiger partial charge in [0, 0.05) is 44.5 Å². The Morgan fingerprint density at radius 1 is 1.06 bits per heavy atom. The van der Waals surface area contributed by atoms with Crippen molar-refractivity contribution in [1.29, 1.82) is 0 Å². The van der Waals surface area contributed by atoms with Crippen LogP contribution in [0.2, 0.25) is 0 Å². The summed E-state index contributed by atoms with van der Waals surface area (Å²) in [4.78, 5) is 57.9. The minimum Gasteiger partial charge on any atom is -0.348 e. The molecule has 0 atom stereocenters. The van der Waals surface area contributed by atoms with E-state index in [1.807, 2.05) is 28.2 Å². The molecule has 4 heterocycles. The third-order valence-electron chi connectivity index (χ3n) is 7.16. The van der Waals surface area contributed by atoms with Crippen molar-refractivity contribution in [3.8, 4) is 0 Å². The summed E-state index contributed by atoms with van der Waals surface area (Å²) >= 11 is 1.45. The average molecular weight is 508 g/mol. The number of nitrogens with zero attached hydrogens (tertiary/aromatic N) is 3. The molecule has 2 N–H and O–H groups in total. The summed E-state index contributed by atoms with van der Waals surface area (Å²) in [5, 5.41) is 6.19. The van der Waals surface area contributed by atoms with Gasteiger partial charge in [-0.2, -0.15) is 0 Å². The standard InChI is InChI=1S/C26H29N5O4S/c1-36-25-20(3-2-9-27-25)26(35)30-10-6-16(7-11-30)15-28-23(33)24(34)29-19-13-17-4-5-21(32)31-12-8-18(14-19)22(17)31/h2-3,9,13-14,16H,4-8,10-12,15H2,1H3,(H,28,33)(H,29,34). The molecule has 2 aromatic rings. The van der Waals surface area contributed by atoms with Crippen LogP contribution in [-0.2, 0) is 27.2 Å². The largest absolute Gasteiger partial charge is 0.348 e. The van der Waals surface area contributed by atoms with E-state index in [9.17, 15) is 19.2 Å². The fourth-order valence-corrected chi connectivity index (χ4v) is 5.80. The Bertz CT molecular complexity index is 1220. The highest BCUT2D eigenvalue weighted by Crippen LogP contribution is 2.38. The first-order valence-corrected chi connectivity index (χ1v) is 13.5. The SMILES string of the molecule is CSc1ncccc1C(=O)N1CCC(CNC(=O)C(=O)Nc2cc3c4c(c2)CCN4C(=O)CC3)CC1. The lowest BCUT2D eigenvalue weighted by molar-refractivity contribution is -0.136. The van der Waals surface area contributed by atoms with Gasteiger partial charge in [0.25, 0.3) is 5.91 Å². The second kappa shape index (κ2) is 10.3. The van der Waals surface area contributed by atoms with E-state index in [0.29, 0.717) is 50.3 Å². The zero-order valence-corrected chi connectivity index (χ0v) is 21.0. The summed E-state index contributed by atoms with van der Waals surface area (Å²) in [6.45, 7) is 2.27. The van der Waals surface area contributed by atoms with Crippen molar-refractivity contribution in [2.45, 2.75) is 37.1 Å². The van der Waals surface area contributed by atoms with E-state index in [0.717, 1.165) is 41.1 Å². The molecule has 0 radical (unpaired) electrons. The molecule has 36 heavy (non-hydrogen) atoms. The number of aryl methyl sites for hydroxylation is 1. The van der Waals surface area contributed by atoms with Gasteiger partial charge in [0.05, 0.1) is 11.3 Å². The number of anilines is 2. The third-order valence-corrected chi connectivity index (χ3v) is 7.88. The highest BCUT2D eigenvalue weighted by molar-refractivity contribution is 7.98. The number of hydrogen-bond acceptors (Lipinski definition) is 6. The van der Waals surface area contributed by atoms with Crippen molar-refractivity contribution in [2.24, 2.45) is 5.92 Å². The molecule has 188 valence electrons. The van der Waals surface area contributed by atoms with Crippen LogP contribution in [0.25, 0.3) is 0 Å². The number of aromatic nitrogens is 1. The molecule has 0 bridgehead atoms. The van der Waals surface area contributed by atoms with Crippen LogP contribution in [0.5, 0.6) is 0 Å².